The van der Waals surface area contributed by atoms with Crippen LogP contribution in [0.1, 0.15) is 18.4 Å². The van der Waals surface area contributed by atoms with Crippen LogP contribution in [-0.2, 0) is 0 Å². The summed E-state index contributed by atoms with van der Waals surface area (Å²) < 4.78 is 0. The molecule has 4 heteroatoms. The van der Waals surface area contributed by atoms with Crippen molar-refractivity contribution in [3.8, 4) is 0 Å². The normalized spacial score (nSPS) is 14.3. The molecule has 1 fully saturated rings. The lowest BCUT2D eigenvalue weighted by atomic mass is 10.2. The second-order valence-electron chi connectivity index (χ2n) is 4.65. The van der Waals surface area contributed by atoms with E-state index in [0.717, 1.165) is 17.3 Å². The van der Waals surface area contributed by atoms with Crippen molar-refractivity contribution in [1.29, 1.82) is 0 Å². The second kappa shape index (κ2) is 4.64. The van der Waals surface area contributed by atoms with Crippen LogP contribution < -0.4 is 10.6 Å². The monoisotopic (exact) mass is 240 g/mol. The number of benzene rings is 1. The fraction of sp³-hybridized carbons (Fsp3) is 0.286. The lowest BCUT2D eigenvalue weighted by Crippen LogP contribution is -2.04. The third-order valence-electron chi connectivity index (χ3n) is 3.00. The van der Waals surface area contributed by atoms with Crippen LogP contribution in [0.4, 0.5) is 17.3 Å². The molecule has 2 N–H and O–H groups in total. The van der Waals surface area contributed by atoms with E-state index in [9.17, 15) is 0 Å². The molecule has 1 heterocycles. The van der Waals surface area contributed by atoms with Gasteiger partial charge in [0.05, 0.1) is 0 Å². The van der Waals surface area contributed by atoms with Crippen LogP contribution in [-0.4, -0.2) is 16.0 Å². The SMILES string of the molecule is Cc1ccccc1Nc1cc(NC2CC2)ncn1. The summed E-state index contributed by atoms with van der Waals surface area (Å²) in [6.07, 6.45) is 4.07. The molecule has 1 aliphatic rings. The number of anilines is 3. The maximum absolute atomic E-state index is 4.24. The number of rotatable bonds is 4. The number of aromatic nitrogens is 2. The number of hydrogen-bond acceptors (Lipinski definition) is 4. The first-order chi connectivity index (χ1) is 8.81. The molecule has 1 aromatic heterocycles. The molecular weight excluding hydrogens is 224 g/mol. The summed E-state index contributed by atoms with van der Waals surface area (Å²) in [5.74, 6) is 1.71. The van der Waals surface area contributed by atoms with Crippen molar-refractivity contribution in [2.45, 2.75) is 25.8 Å². The lowest BCUT2D eigenvalue weighted by molar-refractivity contribution is 1.08. The van der Waals surface area contributed by atoms with Crippen molar-refractivity contribution >= 4 is 17.3 Å². The molecular formula is C14H16N4. The Morgan fingerprint density at radius 2 is 1.89 bits per heavy atom. The summed E-state index contributed by atoms with van der Waals surface area (Å²) in [6, 6.07) is 10.7. The van der Waals surface area contributed by atoms with Crippen LogP contribution in [0.2, 0.25) is 0 Å². The third kappa shape index (κ3) is 2.59. The largest absolute Gasteiger partial charge is 0.367 e. The summed E-state index contributed by atoms with van der Waals surface area (Å²) in [6.45, 7) is 2.08. The van der Waals surface area contributed by atoms with Gasteiger partial charge in [-0.05, 0) is 31.4 Å². The minimum Gasteiger partial charge on any atom is -0.367 e. The molecule has 1 aromatic carbocycles. The Labute approximate surface area is 106 Å². The topological polar surface area (TPSA) is 49.8 Å². The molecule has 0 aliphatic heterocycles. The van der Waals surface area contributed by atoms with E-state index in [4.69, 9.17) is 0 Å². The average Bonchev–Trinajstić information content (AvgIpc) is 3.17. The van der Waals surface area contributed by atoms with Crippen LogP contribution in [0, 0.1) is 6.92 Å². The summed E-state index contributed by atoms with van der Waals surface area (Å²) in [5.41, 5.74) is 2.28. The van der Waals surface area contributed by atoms with Crippen LogP contribution in [0.25, 0.3) is 0 Å². The Morgan fingerprint density at radius 3 is 2.67 bits per heavy atom. The summed E-state index contributed by atoms with van der Waals surface area (Å²) in [7, 11) is 0. The minimum absolute atomic E-state index is 0.603. The highest BCUT2D eigenvalue weighted by Crippen LogP contribution is 2.25. The average molecular weight is 240 g/mol. The Hall–Kier alpha value is -2.10. The van der Waals surface area contributed by atoms with Crippen molar-refractivity contribution < 1.29 is 0 Å². The van der Waals surface area contributed by atoms with Crippen molar-refractivity contribution in [2.75, 3.05) is 10.6 Å². The van der Waals surface area contributed by atoms with Crippen molar-refractivity contribution in [3.05, 3.63) is 42.2 Å². The first-order valence-electron chi connectivity index (χ1n) is 6.22. The molecule has 3 rings (SSSR count). The van der Waals surface area contributed by atoms with E-state index >= 15 is 0 Å². The Bertz CT molecular complexity index is 549. The zero-order valence-electron chi connectivity index (χ0n) is 10.4. The Kier molecular flexibility index (Phi) is 2.84. The van der Waals surface area contributed by atoms with Crippen LogP contribution in [0.3, 0.4) is 0 Å². The van der Waals surface area contributed by atoms with Crippen molar-refractivity contribution in [3.63, 3.8) is 0 Å². The maximum atomic E-state index is 4.24. The van der Waals surface area contributed by atoms with Gasteiger partial charge in [-0.15, -0.1) is 0 Å². The third-order valence-corrected chi connectivity index (χ3v) is 3.00. The Balaban J connectivity index is 1.77. The molecule has 4 nitrogen and oxygen atoms in total. The lowest BCUT2D eigenvalue weighted by Gasteiger charge is -2.09. The first kappa shape index (κ1) is 11.0. The zero-order valence-corrected chi connectivity index (χ0v) is 10.4. The molecule has 0 spiro atoms. The van der Waals surface area contributed by atoms with Gasteiger partial charge in [-0.25, -0.2) is 9.97 Å². The van der Waals surface area contributed by atoms with E-state index in [1.807, 2.05) is 24.3 Å². The first-order valence-corrected chi connectivity index (χ1v) is 6.22. The quantitative estimate of drug-likeness (QED) is 0.862. The molecule has 1 saturated carbocycles. The van der Waals surface area contributed by atoms with E-state index in [2.05, 4.69) is 33.6 Å². The number of nitrogens with one attached hydrogen (secondary N) is 2. The van der Waals surface area contributed by atoms with E-state index < -0.39 is 0 Å². The highest BCUT2D eigenvalue weighted by molar-refractivity contribution is 5.62. The molecule has 0 radical (unpaired) electrons. The van der Waals surface area contributed by atoms with Gasteiger partial charge in [0.1, 0.15) is 18.0 Å². The van der Waals surface area contributed by atoms with E-state index in [0.29, 0.717) is 6.04 Å². The fourth-order valence-corrected chi connectivity index (χ4v) is 1.79. The summed E-state index contributed by atoms with van der Waals surface area (Å²) >= 11 is 0. The number of hydrogen-bond donors (Lipinski definition) is 2. The van der Waals surface area contributed by atoms with Gasteiger partial charge in [0.15, 0.2) is 0 Å². The number of aryl methyl sites for hydroxylation is 1. The van der Waals surface area contributed by atoms with Gasteiger partial charge in [-0.1, -0.05) is 18.2 Å². The second-order valence-corrected chi connectivity index (χ2v) is 4.65. The van der Waals surface area contributed by atoms with Crippen molar-refractivity contribution in [2.24, 2.45) is 0 Å². The van der Waals surface area contributed by atoms with Crippen LogP contribution in [0.15, 0.2) is 36.7 Å². The van der Waals surface area contributed by atoms with E-state index in [-0.39, 0.29) is 0 Å². The molecule has 0 unspecified atom stereocenters. The predicted octanol–water partition coefficient (Wildman–Crippen LogP) is 3.10. The van der Waals surface area contributed by atoms with Gasteiger partial charge in [0, 0.05) is 17.8 Å². The van der Waals surface area contributed by atoms with Crippen molar-refractivity contribution in [1.82, 2.24) is 9.97 Å². The highest BCUT2D eigenvalue weighted by atomic mass is 15.1. The zero-order chi connectivity index (χ0) is 12.4. The highest BCUT2D eigenvalue weighted by Gasteiger charge is 2.21. The number of nitrogens with zero attached hydrogens (tertiary/aromatic N) is 2. The molecule has 92 valence electrons. The molecule has 0 amide bonds. The maximum Gasteiger partial charge on any atom is 0.135 e. The molecule has 18 heavy (non-hydrogen) atoms. The minimum atomic E-state index is 0.603. The van der Waals surface area contributed by atoms with Gasteiger partial charge < -0.3 is 10.6 Å². The summed E-state index contributed by atoms with van der Waals surface area (Å²) in [4.78, 5) is 8.46. The predicted molar refractivity (Wildman–Crippen MR) is 73.1 cm³/mol. The van der Waals surface area contributed by atoms with Gasteiger partial charge in [0.2, 0.25) is 0 Å². The summed E-state index contributed by atoms with van der Waals surface area (Å²) in [5, 5.41) is 6.68. The molecule has 2 aromatic rings. The molecule has 0 bridgehead atoms. The van der Waals surface area contributed by atoms with Gasteiger partial charge in [-0.3, -0.25) is 0 Å². The standard InChI is InChI=1S/C14H16N4/c1-10-4-2-3-5-12(10)18-14-8-13(15-9-16-14)17-11-6-7-11/h2-5,8-9,11H,6-7H2,1H3,(H2,15,16,17,18). The molecule has 1 aliphatic carbocycles. The van der Waals surface area contributed by atoms with Crippen LogP contribution in [0.5, 0.6) is 0 Å². The molecule has 0 atom stereocenters. The van der Waals surface area contributed by atoms with Gasteiger partial charge in [-0.2, -0.15) is 0 Å². The number of para-hydroxylation sites is 1. The fourth-order valence-electron chi connectivity index (χ4n) is 1.79. The van der Waals surface area contributed by atoms with E-state index in [1.165, 1.54) is 18.4 Å². The smallest absolute Gasteiger partial charge is 0.135 e. The Morgan fingerprint density at radius 1 is 1.11 bits per heavy atom. The van der Waals surface area contributed by atoms with Gasteiger partial charge >= 0.3 is 0 Å². The van der Waals surface area contributed by atoms with Crippen LogP contribution >= 0.6 is 0 Å². The van der Waals surface area contributed by atoms with Gasteiger partial charge in [0.25, 0.3) is 0 Å². The van der Waals surface area contributed by atoms with E-state index in [1.54, 1.807) is 6.33 Å². The molecule has 0 saturated heterocycles.